The minimum Gasteiger partial charge on any atom is -0.480 e. The van der Waals surface area contributed by atoms with Crippen LogP contribution in [-0.4, -0.2) is 29.1 Å². The minimum atomic E-state index is -1.05. The van der Waals surface area contributed by atoms with Crippen LogP contribution in [0.4, 0.5) is 0 Å². The van der Waals surface area contributed by atoms with E-state index in [2.05, 4.69) is 4.74 Å². The van der Waals surface area contributed by atoms with Gasteiger partial charge in [-0.05, 0) is 0 Å². The molecule has 0 aliphatic heterocycles. The molecule has 5 heteroatoms. The Morgan fingerprint density at radius 2 is 2.33 bits per heavy atom. The van der Waals surface area contributed by atoms with Gasteiger partial charge >= 0.3 is 5.97 Å². The van der Waals surface area contributed by atoms with Crippen LogP contribution in [0.15, 0.2) is 0 Å². The van der Waals surface area contributed by atoms with Gasteiger partial charge in [0.05, 0.1) is 5.88 Å². The van der Waals surface area contributed by atoms with Crippen LogP contribution in [0.25, 0.3) is 0 Å². The van der Waals surface area contributed by atoms with E-state index < -0.39 is 18.1 Å². The first-order valence-corrected chi connectivity index (χ1v) is 3.17. The molecule has 0 aliphatic carbocycles. The maximum Gasteiger partial charge on any atom is 0.329 e. The smallest absolute Gasteiger partial charge is 0.329 e. The SMILES string of the molecule is O=C(O)COC(Cl)CCl. The molecule has 0 aromatic heterocycles. The molecular weight excluding hydrogens is 167 g/mol. The lowest BCUT2D eigenvalue weighted by Crippen LogP contribution is -2.13. The van der Waals surface area contributed by atoms with Crippen LogP contribution in [0.1, 0.15) is 0 Å². The Morgan fingerprint density at radius 3 is 2.67 bits per heavy atom. The second kappa shape index (κ2) is 4.85. The van der Waals surface area contributed by atoms with E-state index in [0.717, 1.165) is 0 Å². The molecule has 0 bridgehead atoms. The van der Waals surface area contributed by atoms with Gasteiger partial charge in [-0.2, -0.15) is 0 Å². The molecule has 0 rings (SSSR count). The van der Waals surface area contributed by atoms with E-state index in [1.807, 2.05) is 0 Å². The van der Waals surface area contributed by atoms with E-state index in [-0.39, 0.29) is 5.88 Å². The van der Waals surface area contributed by atoms with Gasteiger partial charge < -0.3 is 9.84 Å². The van der Waals surface area contributed by atoms with Gasteiger partial charge in [0.2, 0.25) is 0 Å². The zero-order chi connectivity index (χ0) is 7.28. The summed E-state index contributed by atoms with van der Waals surface area (Å²) in [5.74, 6) is -0.958. The number of hydrogen-bond donors (Lipinski definition) is 1. The average Bonchev–Trinajstić information content (AvgIpc) is 1.83. The van der Waals surface area contributed by atoms with Crippen molar-refractivity contribution in [2.45, 2.75) is 5.56 Å². The Kier molecular flexibility index (Phi) is 4.85. The topological polar surface area (TPSA) is 46.5 Å². The molecule has 1 atom stereocenters. The number of halogens is 2. The third-order valence-corrected chi connectivity index (χ3v) is 1.23. The van der Waals surface area contributed by atoms with Crippen molar-refractivity contribution in [1.29, 1.82) is 0 Å². The molecule has 0 amide bonds. The first kappa shape index (κ1) is 9.01. The highest BCUT2D eigenvalue weighted by molar-refractivity contribution is 6.27. The summed E-state index contributed by atoms with van der Waals surface area (Å²) in [6.07, 6.45) is 0. The lowest BCUT2D eigenvalue weighted by atomic mass is 10.7. The predicted octanol–water partition coefficient (Wildman–Crippen LogP) is 0.891. The van der Waals surface area contributed by atoms with Crippen LogP contribution in [0, 0.1) is 0 Å². The zero-order valence-corrected chi connectivity index (χ0v) is 6.02. The Labute approximate surface area is 62.5 Å². The summed E-state index contributed by atoms with van der Waals surface area (Å²) in [6.45, 7) is -0.402. The summed E-state index contributed by atoms with van der Waals surface area (Å²) in [7, 11) is 0. The van der Waals surface area contributed by atoms with Crippen LogP contribution in [0.2, 0.25) is 0 Å². The summed E-state index contributed by atoms with van der Waals surface area (Å²) in [4.78, 5) is 9.79. The molecule has 0 spiro atoms. The van der Waals surface area contributed by atoms with Gasteiger partial charge in [0.1, 0.15) is 12.2 Å². The summed E-state index contributed by atoms with van der Waals surface area (Å²) in [6, 6.07) is 0. The first-order valence-electron chi connectivity index (χ1n) is 2.20. The van der Waals surface area contributed by atoms with Gasteiger partial charge in [-0.25, -0.2) is 4.79 Å². The molecule has 0 saturated heterocycles. The van der Waals surface area contributed by atoms with Crippen molar-refractivity contribution in [3.8, 4) is 0 Å². The molecule has 1 unspecified atom stereocenters. The van der Waals surface area contributed by atoms with E-state index in [1.165, 1.54) is 0 Å². The molecule has 0 aromatic rings. The van der Waals surface area contributed by atoms with Crippen molar-refractivity contribution >= 4 is 29.2 Å². The van der Waals surface area contributed by atoms with Crippen molar-refractivity contribution in [2.24, 2.45) is 0 Å². The standard InChI is InChI=1S/C4H6Cl2O3/c5-1-3(6)9-2-4(7)8/h3H,1-2H2,(H,7,8). The van der Waals surface area contributed by atoms with Crippen molar-refractivity contribution in [2.75, 3.05) is 12.5 Å². The molecule has 0 aromatic carbocycles. The van der Waals surface area contributed by atoms with Crippen LogP contribution >= 0.6 is 23.2 Å². The Bertz CT molecular complexity index is 95.8. The molecule has 54 valence electrons. The van der Waals surface area contributed by atoms with Gasteiger partial charge in [-0.1, -0.05) is 11.6 Å². The van der Waals surface area contributed by atoms with Gasteiger partial charge in [0.25, 0.3) is 0 Å². The van der Waals surface area contributed by atoms with E-state index in [1.54, 1.807) is 0 Å². The summed E-state index contributed by atoms with van der Waals surface area (Å²) < 4.78 is 4.49. The normalized spacial score (nSPS) is 13.1. The maximum absolute atomic E-state index is 9.79. The van der Waals surface area contributed by atoms with Gasteiger partial charge in [0.15, 0.2) is 0 Å². The van der Waals surface area contributed by atoms with Crippen molar-refractivity contribution < 1.29 is 14.6 Å². The number of hydrogen-bond acceptors (Lipinski definition) is 2. The minimum absolute atomic E-state index is 0.0921. The monoisotopic (exact) mass is 172 g/mol. The Balaban J connectivity index is 3.16. The third-order valence-electron chi connectivity index (χ3n) is 0.509. The van der Waals surface area contributed by atoms with E-state index >= 15 is 0 Å². The maximum atomic E-state index is 9.79. The second-order valence-electron chi connectivity index (χ2n) is 1.27. The number of ether oxygens (including phenoxy) is 1. The molecule has 3 nitrogen and oxygen atoms in total. The van der Waals surface area contributed by atoms with Gasteiger partial charge in [0, 0.05) is 0 Å². The molecule has 9 heavy (non-hydrogen) atoms. The average molecular weight is 173 g/mol. The highest BCUT2D eigenvalue weighted by Crippen LogP contribution is 1.99. The summed E-state index contributed by atoms with van der Waals surface area (Å²) >= 11 is 10.5. The molecule has 0 fully saturated rings. The number of carbonyl (C=O) groups is 1. The van der Waals surface area contributed by atoms with Crippen LogP contribution in [0.5, 0.6) is 0 Å². The van der Waals surface area contributed by atoms with Gasteiger partial charge in [-0.15, -0.1) is 11.6 Å². The number of carboxylic acid groups (broad SMARTS) is 1. The first-order chi connectivity index (χ1) is 4.16. The van der Waals surface area contributed by atoms with Gasteiger partial charge in [-0.3, -0.25) is 0 Å². The number of carboxylic acids is 1. The van der Waals surface area contributed by atoms with Crippen molar-refractivity contribution in [3.05, 3.63) is 0 Å². The fourth-order valence-electron chi connectivity index (χ4n) is 0.206. The van der Waals surface area contributed by atoms with E-state index in [4.69, 9.17) is 28.3 Å². The quantitative estimate of drug-likeness (QED) is 0.642. The molecule has 1 N–H and O–H groups in total. The van der Waals surface area contributed by atoms with Crippen molar-refractivity contribution in [3.63, 3.8) is 0 Å². The third kappa shape index (κ3) is 5.89. The highest BCUT2D eigenvalue weighted by atomic mass is 35.5. The predicted molar refractivity (Wildman–Crippen MR) is 33.9 cm³/mol. The zero-order valence-electron chi connectivity index (χ0n) is 4.51. The van der Waals surface area contributed by atoms with Crippen LogP contribution < -0.4 is 0 Å². The molecule has 0 heterocycles. The summed E-state index contributed by atoms with van der Waals surface area (Å²) in [5.41, 5.74) is -0.706. The van der Waals surface area contributed by atoms with Crippen LogP contribution in [-0.2, 0) is 9.53 Å². The van der Waals surface area contributed by atoms with Crippen molar-refractivity contribution in [1.82, 2.24) is 0 Å². The van der Waals surface area contributed by atoms with E-state index in [9.17, 15) is 4.79 Å². The number of alkyl halides is 2. The largest absolute Gasteiger partial charge is 0.480 e. The molecule has 0 saturated carbocycles. The Hall–Kier alpha value is 0.01000. The fourth-order valence-corrected chi connectivity index (χ4v) is 0.358. The second-order valence-corrected chi connectivity index (χ2v) is 2.06. The lowest BCUT2D eigenvalue weighted by Gasteiger charge is -2.02. The highest BCUT2D eigenvalue weighted by Gasteiger charge is 2.03. The number of rotatable bonds is 4. The van der Waals surface area contributed by atoms with E-state index in [0.29, 0.717) is 0 Å². The molecule has 0 radical (unpaired) electrons. The molecule has 0 aliphatic rings. The van der Waals surface area contributed by atoms with Crippen LogP contribution in [0.3, 0.4) is 0 Å². The Morgan fingerprint density at radius 1 is 1.78 bits per heavy atom. The number of aliphatic carboxylic acids is 1. The molecular formula is C4H6Cl2O3. The summed E-state index contributed by atoms with van der Waals surface area (Å²) in [5, 5.41) is 8.03. The fraction of sp³-hybridized carbons (Fsp3) is 0.750. The lowest BCUT2D eigenvalue weighted by molar-refractivity contribution is -0.142.